The van der Waals surface area contributed by atoms with Gasteiger partial charge in [0, 0.05) is 31.6 Å². The molecule has 8 nitrogen and oxygen atoms in total. The van der Waals surface area contributed by atoms with Gasteiger partial charge in [-0.1, -0.05) is 50.2 Å². The number of hydrogen-bond donors (Lipinski definition) is 1. The molecule has 0 radical (unpaired) electrons. The normalized spacial score (nSPS) is 12.9. The van der Waals surface area contributed by atoms with Gasteiger partial charge in [-0.25, -0.2) is 8.42 Å². The lowest BCUT2D eigenvalue weighted by Crippen LogP contribution is -2.50. The second-order valence-corrected chi connectivity index (χ2v) is 10.8. The van der Waals surface area contributed by atoms with E-state index in [0.29, 0.717) is 30.8 Å². The quantitative estimate of drug-likeness (QED) is 0.409. The van der Waals surface area contributed by atoms with E-state index in [9.17, 15) is 18.0 Å². The third kappa shape index (κ3) is 8.55. The molecule has 2 rings (SSSR count). The van der Waals surface area contributed by atoms with Crippen LogP contribution in [0.5, 0.6) is 5.75 Å². The Morgan fingerprint density at radius 2 is 1.72 bits per heavy atom. The van der Waals surface area contributed by atoms with Crippen LogP contribution < -0.4 is 14.4 Å². The molecule has 2 unspecified atom stereocenters. The lowest BCUT2D eigenvalue weighted by atomic mass is 10.1. The van der Waals surface area contributed by atoms with Crippen LogP contribution in [0.15, 0.2) is 54.6 Å². The third-order valence-corrected chi connectivity index (χ3v) is 7.27. The van der Waals surface area contributed by atoms with Gasteiger partial charge in [0.1, 0.15) is 11.8 Å². The van der Waals surface area contributed by atoms with E-state index in [0.717, 1.165) is 18.2 Å². The van der Waals surface area contributed by atoms with Gasteiger partial charge in [0.05, 0.1) is 19.1 Å². The van der Waals surface area contributed by atoms with Gasteiger partial charge in [-0.15, -0.1) is 0 Å². The average Bonchev–Trinajstić information content (AvgIpc) is 2.86. The zero-order chi connectivity index (χ0) is 26.7. The van der Waals surface area contributed by atoms with E-state index >= 15 is 0 Å². The number of rotatable bonds is 14. The summed E-state index contributed by atoms with van der Waals surface area (Å²) in [6.45, 7) is 6.26. The minimum Gasteiger partial charge on any atom is -0.497 e. The Balaban J connectivity index is 2.20. The highest BCUT2D eigenvalue weighted by molar-refractivity contribution is 7.92. The van der Waals surface area contributed by atoms with Crippen LogP contribution >= 0.6 is 0 Å². The Bertz CT molecular complexity index is 1090. The molecule has 1 N–H and O–H groups in total. The summed E-state index contributed by atoms with van der Waals surface area (Å²) in [5.41, 5.74) is 1.40. The predicted molar refractivity (Wildman–Crippen MR) is 143 cm³/mol. The van der Waals surface area contributed by atoms with Crippen LogP contribution in [0.3, 0.4) is 0 Å². The van der Waals surface area contributed by atoms with Crippen molar-refractivity contribution in [1.82, 2.24) is 10.2 Å². The largest absolute Gasteiger partial charge is 0.497 e. The fraction of sp³-hybridized carbons (Fsp3) is 0.481. The fourth-order valence-electron chi connectivity index (χ4n) is 3.91. The Morgan fingerprint density at radius 1 is 1.03 bits per heavy atom. The van der Waals surface area contributed by atoms with Crippen LogP contribution in [0.25, 0.3) is 0 Å². The molecule has 0 saturated heterocycles. The van der Waals surface area contributed by atoms with E-state index < -0.39 is 16.1 Å². The van der Waals surface area contributed by atoms with Crippen molar-refractivity contribution in [2.45, 2.75) is 65.1 Å². The average molecular weight is 518 g/mol. The lowest BCUT2D eigenvalue weighted by Gasteiger charge is -2.32. The van der Waals surface area contributed by atoms with Gasteiger partial charge in [-0.05, 0) is 43.9 Å². The number of ether oxygens (including phenoxy) is 1. The van der Waals surface area contributed by atoms with E-state index in [2.05, 4.69) is 5.32 Å². The van der Waals surface area contributed by atoms with E-state index in [1.54, 1.807) is 29.2 Å². The predicted octanol–water partition coefficient (Wildman–Crippen LogP) is 3.96. The van der Waals surface area contributed by atoms with E-state index in [1.165, 1.54) is 11.4 Å². The molecule has 0 bridgehead atoms. The number of carbonyl (C=O) groups excluding carboxylic acids is 2. The molecule has 2 atom stereocenters. The first-order chi connectivity index (χ1) is 17.1. The van der Waals surface area contributed by atoms with Gasteiger partial charge in [-0.3, -0.25) is 13.9 Å². The van der Waals surface area contributed by atoms with Gasteiger partial charge in [0.2, 0.25) is 21.8 Å². The monoisotopic (exact) mass is 517 g/mol. The van der Waals surface area contributed by atoms with Crippen molar-refractivity contribution in [2.75, 3.05) is 24.2 Å². The van der Waals surface area contributed by atoms with Crippen molar-refractivity contribution in [3.63, 3.8) is 0 Å². The van der Waals surface area contributed by atoms with Crippen LogP contribution in [0, 0.1) is 0 Å². The number of nitrogens with one attached hydrogen (secondary N) is 1. The summed E-state index contributed by atoms with van der Waals surface area (Å²) in [4.78, 5) is 28.1. The van der Waals surface area contributed by atoms with E-state index in [4.69, 9.17) is 4.74 Å². The van der Waals surface area contributed by atoms with E-state index in [1.807, 2.05) is 51.1 Å². The summed E-state index contributed by atoms with van der Waals surface area (Å²) in [5.74, 6) is 0.179. The first-order valence-electron chi connectivity index (χ1n) is 12.4. The van der Waals surface area contributed by atoms with Crippen LogP contribution in [-0.4, -0.2) is 57.1 Å². The maximum Gasteiger partial charge on any atom is 0.243 e. The van der Waals surface area contributed by atoms with Crippen molar-refractivity contribution in [1.29, 1.82) is 0 Å². The third-order valence-electron chi connectivity index (χ3n) is 6.08. The molecule has 0 aromatic heterocycles. The molecular formula is C27H39N3O5S. The first kappa shape index (κ1) is 29.2. The molecule has 0 spiro atoms. The zero-order valence-electron chi connectivity index (χ0n) is 21.9. The Kier molecular flexibility index (Phi) is 11.2. The van der Waals surface area contributed by atoms with Crippen molar-refractivity contribution in [3.05, 3.63) is 60.2 Å². The molecule has 2 aromatic rings. The van der Waals surface area contributed by atoms with Gasteiger partial charge in [0.15, 0.2) is 0 Å². The topological polar surface area (TPSA) is 96.0 Å². The zero-order valence-corrected chi connectivity index (χ0v) is 22.8. The number of nitrogens with zero attached hydrogens (tertiary/aromatic N) is 2. The number of methoxy groups -OCH3 is 1. The van der Waals surface area contributed by atoms with Crippen LogP contribution in [0.1, 0.15) is 52.0 Å². The summed E-state index contributed by atoms with van der Waals surface area (Å²) in [5, 5.41) is 3.00. The maximum absolute atomic E-state index is 13.4. The Hall–Kier alpha value is -3.07. The SMILES string of the molecule is CCC(C)NC(=O)C(CC)N(Cc1ccccc1)C(=O)CCCN(c1cccc(OC)c1)S(C)(=O)=O. The second-order valence-electron chi connectivity index (χ2n) is 8.89. The van der Waals surface area contributed by atoms with Gasteiger partial charge >= 0.3 is 0 Å². The number of carbonyl (C=O) groups is 2. The highest BCUT2D eigenvalue weighted by Crippen LogP contribution is 2.24. The van der Waals surface area contributed by atoms with Gasteiger partial charge in [-0.2, -0.15) is 0 Å². The summed E-state index contributed by atoms with van der Waals surface area (Å²) in [7, 11) is -2.05. The molecule has 198 valence electrons. The van der Waals surface area contributed by atoms with Crippen LogP contribution in [-0.2, 0) is 26.2 Å². The maximum atomic E-state index is 13.4. The number of benzene rings is 2. The van der Waals surface area contributed by atoms with Crippen molar-refractivity contribution >= 4 is 27.5 Å². The van der Waals surface area contributed by atoms with Gasteiger partial charge in [0.25, 0.3) is 0 Å². The summed E-state index contributed by atoms with van der Waals surface area (Å²) in [6, 6.07) is 15.7. The van der Waals surface area contributed by atoms with Gasteiger partial charge < -0.3 is 15.0 Å². The van der Waals surface area contributed by atoms with Crippen molar-refractivity contribution < 1.29 is 22.7 Å². The van der Waals surface area contributed by atoms with Crippen LogP contribution in [0.2, 0.25) is 0 Å². The van der Waals surface area contributed by atoms with Crippen molar-refractivity contribution in [2.24, 2.45) is 0 Å². The Morgan fingerprint density at radius 3 is 2.31 bits per heavy atom. The summed E-state index contributed by atoms with van der Waals surface area (Å²) in [6.07, 6.45) is 2.82. The summed E-state index contributed by atoms with van der Waals surface area (Å²) >= 11 is 0. The standard InChI is InChI=1S/C27H39N3O5S/c1-6-21(3)28-27(32)25(7-2)29(20-22-13-9-8-10-14-22)26(31)17-12-18-30(36(5,33)34)23-15-11-16-24(19-23)35-4/h8-11,13-16,19,21,25H,6-7,12,17-18,20H2,1-5H3,(H,28,32). The minimum absolute atomic E-state index is 0.00594. The van der Waals surface area contributed by atoms with Crippen LogP contribution in [0.4, 0.5) is 5.69 Å². The smallest absolute Gasteiger partial charge is 0.243 e. The molecule has 36 heavy (non-hydrogen) atoms. The number of hydrogen-bond acceptors (Lipinski definition) is 5. The molecule has 0 fully saturated rings. The molecule has 2 aromatic carbocycles. The second kappa shape index (κ2) is 13.9. The molecule has 0 heterocycles. The first-order valence-corrected chi connectivity index (χ1v) is 14.2. The minimum atomic E-state index is -3.57. The molecule has 9 heteroatoms. The summed E-state index contributed by atoms with van der Waals surface area (Å²) < 4.78 is 31.5. The molecular weight excluding hydrogens is 478 g/mol. The molecule has 0 saturated carbocycles. The number of anilines is 1. The lowest BCUT2D eigenvalue weighted by molar-refractivity contribution is -0.141. The number of amides is 2. The number of sulfonamides is 1. The molecule has 2 amide bonds. The fourth-order valence-corrected chi connectivity index (χ4v) is 4.87. The molecule has 0 aliphatic rings. The van der Waals surface area contributed by atoms with E-state index in [-0.39, 0.29) is 30.8 Å². The van der Waals surface area contributed by atoms with Crippen molar-refractivity contribution in [3.8, 4) is 5.75 Å². The highest BCUT2D eigenvalue weighted by atomic mass is 32.2. The highest BCUT2D eigenvalue weighted by Gasteiger charge is 2.29. The molecule has 0 aliphatic heterocycles. The Labute approximate surface area is 215 Å². The molecule has 0 aliphatic carbocycles.